The summed E-state index contributed by atoms with van der Waals surface area (Å²) in [4.78, 5) is 11.2. The Labute approximate surface area is 72.1 Å². The standard InChI is InChI=1S/C8H16FNO2/c1-6(2)12-7(11)8(3,10)4-5-9/h6H,4-5,10H2,1-3H3. The summed E-state index contributed by atoms with van der Waals surface area (Å²) in [6.07, 6.45) is -0.210. The van der Waals surface area contributed by atoms with Gasteiger partial charge in [0.1, 0.15) is 5.54 Å². The molecule has 0 heterocycles. The van der Waals surface area contributed by atoms with Crippen molar-refractivity contribution >= 4 is 5.97 Å². The molecule has 0 rings (SSSR count). The van der Waals surface area contributed by atoms with E-state index in [4.69, 9.17) is 10.5 Å². The molecule has 0 amide bonds. The smallest absolute Gasteiger partial charge is 0.326 e. The molecule has 0 bridgehead atoms. The molecule has 0 aliphatic rings. The van der Waals surface area contributed by atoms with Gasteiger partial charge in [0.25, 0.3) is 0 Å². The number of hydrogen-bond acceptors (Lipinski definition) is 3. The Kier molecular flexibility index (Phi) is 4.17. The van der Waals surface area contributed by atoms with E-state index >= 15 is 0 Å². The lowest BCUT2D eigenvalue weighted by Gasteiger charge is -2.22. The highest BCUT2D eigenvalue weighted by Crippen LogP contribution is 2.09. The summed E-state index contributed by atoms with van der Waals surface area (Å²) in [5, 5.41) is 0. The molecule has 0 aromatic heterocycles. The van der Waals surface area contributed by atoms with Gasteiger partial charge in [0.05, 0.1) is 12.8 Å². The van der Waals surface area contributed by atoms with Crippen molar-refractivity contribution < 1.29 is 13.9 Å². The van der Waals surface area contributed by atoms with E-state index in [9.17, 15) is 9.18 Å². The summed E-state index contributed by atoms with van der Waals surface area (Å²) in [5.74, 6) is -0.546. The van der Waals surface area contributed by atoms with Gasteiger partial charge >= 0.3 is 5.97 Å². The summed E-state index contributed by atoms with van der Waals surface area (Å²) >= 11 is 0. The van der Waals surface area contributed by atoms with Crippen LogP contribution >= 0.6 is 0 Å². The third kappa shape index (κ3) is 3.67. The highest BCUT2D eigenvalue weighted by atomic mass is 19.1. The van der Waals surface area contributed by atoms with E-state index in [1.807, 2.05) is 0 Å². The first-order valence-electron chi connectivity index (χ1n) is 3.96. The van der Waals surface area contributed by atoms with Gasteiger partial charge in [0.2, 0.25) is 0 Å². The van der Waals surface area contributed by atoms with Crippen molar-refractivity contribution in [2.75, 3.05) is 6.67 Å². The first-order valence-corrected chi connectivity index (χ1v) is 3.96. The molecule has 0 saturated carbocycles. The number of esters is 1. The van der Waals surface area contributed by atoms with Gasteiger partial charge in [-0.25, -0.2) is 0 Å². The predicted octanol–water partition coefficient (Wildman–Crippen LogP) is 1.01. The number of rotatable bonds is 4. The van der Waals surface area contributed by atoms with Gasteiger partial charge in [-0.2, -0.15) is 0 Å². The van der Waals surface area contributed by atoms with Crippen LogP contribution in [0.15, 0.2) is 0 Å². The lowest BCUT2D eigenvalue weighted by atomic mass is 10.0. The average molecular weight is 177 g/mol. The molecule has 1 unspecified atom stereocenters. The van der Waals surface area contributed by atoms with E-state index in [0.29, 0.717) is 0 Å². The Bertz CT molecular complexity index is 157. The van der Waals surface area contributed by atoms with E-state index in [0.717, 1.165) is 0 Å². The molecule has 0 radical (unpaired) electrons. The van der Waals surface area contributed by atoms with E-state index in [2.05, 4.69) is 0 Å². The van der Waals surface area contributed by atoms with Crippen molar-refractivity contribution in [1.82, 2.24) is 0 Å². The summed E-state index contributed by atoms with van der Waals surface area (Å²) in [5.41, 5.74) is 4.31. The quantitative estimate of drug-likeness (QED) is 0.652. The fourth-order valence-corrected chi connectivity index (χ4v) is 0.647. The molecular weight excluding hydrogens is 161 g/mol. The van der Waals surface area contributed by atoms with Crippen LogP contribution in [0.5, 0.6) is 0 Å². The maximum Gasteiger partial charge on any atom is 0.326 e. The average Bonchev–Trinajstić information content (AvgIpc) is 1.85. The van der Waals surface area contributed by atoms with Gasteiger partial charge in [-0.1, -0.05) is 0 Å². The zero-order chi connectivity index (χ0) is 9.78. The minimum atomic E-state index is -1.20. The summed E-state index contributed by atoms with van der Waals surface area (Å²) < 4.78 is 16.7. The van der Waals surface area contributed by atoms with Gasteiger partial charge in [0, 0.05) is 6.42 Å². The van der Waals surface area contributed by atoms with Crippen molar-refractivity contribution in [1.29, 1.82) is 0 Å². The molecule has 12 heavy (non-hydrogen) atoms. The maximum atomic E-state index is 11.9. The monoisotopic (exact) mass is 177 g/mol. The van der Waals surface area contributed by atoms with Crippen LogP contribution < -0.4 is 5.73 Å². The fourth-order valence-electron chi connectivity index (χ4n) is 0.647. The number of halogens is 1. The first kappa shape index (κ1) is 11.4. The molecule has 2 N–H and O–H groups in total. The normalized spacial score (nSPS) is 15.8. The minimum absolute atomic E-state index is 0.00144. The number of nitrogens with two attached hydrogens (primary N) is 1. The van der Waals surface area contributed by atoms with Crippen LogP contribution in [0.2, 0.25) is 0 Å². The molecule has 3 nitrogen and oxygen atoms in total. The number of carbonyl (C=O) groups is 1. The minimum Gasteiger partial charge on any atom is -0.462 e. The van der Waals surface area contributed by atoms with Crippen LogP contribution in [-0.2, 0) is 9.53 Å². The molecule has 0 aromatic carbocycles. The second-order valence-electron chi connectivity index (χ2n) is 3.31. The molecule has 4 heteroatoms. The van der Waals surface area contributed by atoms with Crippen LogP contribution in [0.4, 0.5) is 4.39 Å². The van der Waals surface area contributed by atoms with Crippen LogP contribution in [0.1, 0.15) is 27.2 Å². The van der Waals surface area contributed by atoms with E-state index < -0.39 is 18.2 Å². The van der Waals surface area contributed by atoms with E-state index in [1.165, 1.54) is 6.92 Å². The Morgan fingerprint density at radius 2 is 2.17 bits per heavy atom. The van der Waals surface area contributed by atoms with Crippen molar-refractivity contribution in [3.63, 3.8) is 0 Å². The van der Waals surface area contributed by atoms with Crippen molar-refractivity contribution in [3.8, 4) is 0 Å². The molecule has 0 aromatic rings. The van der Waals surface area contributed by atoms with Crippen molar-refractivity contribution in [3.05, 3.63) is 0 Å². The van der Waals surface area contributed by atoms with Crippen molar-refractivity contribution in [2.24, 2.45) is 5.73 Å². The largest absolute Gasteiger partial charge is 0.462 e. The zero-order valence-electron chi connectivity index (χ0n) is 7.76. The summed E-state index contributed by atoms with van der Waals surface area (Å²) in [7, 11) is 0. The van der Waals surface area contributed by atoms with Crippen LogP contribution in [0.3, 0.4) is 0 Å². The molecular formula is C8H16FNO2. The highest BCUT2D eigenvalue weighted by Gasteiger charge is 2.30. The molecule has 0 aliphatic carbocycles. The second-order valence-corrected chi connectivity index (χ2v) is 3.31. The summed E-state index contributed by atoms with van der Waals surface area (Å²) in [6, 6.07) is 0. The van der Waals surface area contributed by atoms with Crippen molar-refractivity contribution in [2.45, 2.75) is 38.8 Å². The number of hydrogen-bond donors (Lipinski definition) is 1. The molecule has 1 atom stereocenters. The molecule has 72 valence electrons. The molecule has 0 spiro atoms. The second kappa shape index (κ2) is 4.40. The molecule has 0 saturated heterocycles. The number of alkyl halides is 1. The Hall–Kier alpha value is -0.640. The molecule has 0 fully saturated rings. The highest BCUT2D eigenvalue weighted by molar-refractivity contribution is 5.80. The predicted molar refractivity (Wildman–Crippen MR) is 44.4 cm³/mol. The zero-order valence-corrected chi connectivity index (χ0v) is 7.76. The van der Waals surface area contributed by atoms with Crippen LogP contribution in [-0.4, -0.2) is 24.3 Å². The molecule has 0 aliphatic heterocycles. The van der Waals surface area contributed by atoms with E-state index in [1.54, 1.807) is 13.8 Å². The third-order valence-corrected chi connectivity index (χ3v) is 1.42. The first-order chi connectivity index (χ1) is 5.40. The lowest BCUT2D eigenvalue weighted by Crippen LogP contribution is -2.47. The van der Waals surface area contributed by atoms with Gasteiger partial charge < -0.3 is 10.5 Å². The number of carbonyl (C=O) groups excluding carboxylic acids is 1. The fraction of sp³-hybridized carbons (Fsp3) is 0.875. The van der Waals surface area contributed by atoms with Gasteiger partial charge in [-0.05, 0) is 20.8 Å². The van der Waals surface area contributed by atoms with E-state index in [-0.39, 0.29) is 12.5 Å². The number of ether oxygens (including phenoxy) is 1. The topological polar surface area (TPSA) is 52.3 Å². The maximum absolute atomic E-state index is 11.9. The van der Waals surface area contributed by atoms with Gasteiger partial charge in [-0.3, -0.25) is 9.18 Å². The lowest BCUT2D eigenvalue weighted by molar-refractivity contribution is -0.153. The Morgan fingerprint density at radius 1 is 1.67 bits per heavy atom. The third-order valence-electron chi connectivity index (χ3n) is 1.42. The SMILES string of the molecule is CC(C)OC(=O)C(C)(N)CCF. The van der Waals surface area contributed by atoms with Gasteiger partial charge in [0.15, 0.2) is 0 Å². The van der Waals surface area contributed by atoms with Crippen LogP contribution in [0, 0.1) is 0 Å². The Balaban J connectivity index is 4.06. The van der Waals surface area contributed by atoms with Gasteiger partial charge in [-0.15, -0.1) is 0 Å². The Morgan fingerprint density at radius 3 is 2.50 bits per heavy atom. The van der Waals surface area contributed by atoms with Crippen LogP contribution in [0.25, 0.3) is 0 Å². The summed E-state index contributed by atoms with van der Waals surface area (Å²) in [6.45, 7) is 4.31.